The van der Waals surface area contributed by atoms with Gasteiger partial charge in [-0.2, -0.15) is 4.98 Å². The van der Waals surface area contributed by atoms with Gasteiger partial charge in [0.1, 0.15) is 18.3 Å². The van der Waals surface area contributed by atoms with Crippen LogP contribution in [0.1, 0.15) is 19.6 Å². The Morgan fingerprint density at radius 2 is 2.11 bits per heavy atom. The second-order valence-electron chi connectivity index (χ2n) is 5.88. The molecule has 1 saturated heterocycles. The van der Waals surface area contributed by atoms with Crippen molar-refractivity contribution < 1.29 is 38.6 Å². The summed E-state index contributed by atoms with van der Waals surface area (Å²) >= 11 is 0. The molecule has 0 radical (unpaired) electrons. The smallest absolute Gasteiger partial charge is 0.465 e. The van der Waals surface area contributed by atoms with Gasteiger partial charge in [0.25, 0.3) is 11.6 Å². The van der Waals surface area contributed by atoms with Crippen LogP contribution in [0.2, 0.25) is 0 Å². The van der Waals surface area contributed by atoms with Crippen LogP contribution >= 0.6 is 7.82 Å². The van der Waals surface area contributed by atoms with Crippen LogP contribution in [0.3, 0.4) is 0 Å². The minimum Gasteiger partial charge on any atom is -0.465 e. The summed E-state index contributed by atoms with van der Waals surface area (Å²) in [6.07, 6.45) is -3.50. The quantitative estimate of drug-likeness (QED) is 0.341. The summed E-state index contributed by atoms with van der Waals surface area (Å²) in [5.74, 6) is 0. The molecule has 0 aliphatic carbocycles. The Morgan fingerprint density at radius 1 is 1.37 bits per heavy atom. The van der Waals surface area contributed by atoms with E-state index in [4.69, 9.17) is 19.3 Å². The summed E-state index contributed by atoms with van der Waals surface area (Å²) in [5.41, 5.74) is -0.531. The fourth-order valence-electron chi connectivity index (χ4n) is 2.63. The number of hydrogen-bond donors (Lipinski definition) is 5. The van der Waals surface area contributed by atoms with Gasteiger partial charge in [0, 0.05) is 0 Å². The molecule has 150 valence electrons. The Morgan fingerprint density at radius 3 is 2.78 bits per heavy atom. The standard InChI is InChI=1S/C13H19N4O9P/c1-2-3-24-13-15-10-7(11(20)16-13)14-5-17(10)12-9(19)8(18)6(26-12)4-25-27(21,22)23/h5-6,8-9,12,18-19H,2-4H2,1H3,(H,15,16,20)(H2,21,22,23)/t6-,8-,9-,12-/m1/s1. The number of rotatable bonds is 7. The number of aliphatic hydroxyl groups is 2. The predicted molar refractivity (Wildman–Crippen MR) is 87.9 cm³/mol. The van der Waals surface area contributed by atoms with E-state index in [1.165, 1.54) is 10.9 Å². The van der Waals surface area contributed by atoms with E-state index in [0.717, 1.165) is 0 Å². The van der Waals surface area contributed by atoms with E-state index in [1.54, 1.807) is 0 Å². The van der Waals surface area contributed by atoms with E-state index in [-0.39, 0.29) is 17.2 Å². The molecule has 3 rings (SSSR count). The van der Waals surface area contributed by atoms with Gasteiger partial charge >= 0.3 is 7.82 Å². The fourth-order valence-corrected chi connectivity index (χ4v) is 2.97. The second-order valence-corrected chi connectivity index (χ2v) is 7.12. The number of aliphatic hydroxyl groups excluding tert-OH is 2. The monoisotopic (exact) mass is 406 g/mol. The highest BCUT2D eigenvalue weighted by Crippen LogP contribution is 2.38. The molecule has 14 heteroatoms. The highest BCUT2D eigenvalue weighted by Gasteiger charge is 2.45. The van der Waals surface area contributed by atoms with Crippen molar-refractivity contribution in [2.45, 2.75) is 37.9 Å². The van der Waals surface area contributed by atoms with Crippen LogP contribution in [0.25, 0.3) is 11.2 Å². The van der Waals surface area contributed by atoms with Crippen LogP contribution in [0.5, 0.6) is 6.01 Å². The van der Waals surface area contributed by atoms with Crippen molar-refractivity contribution in [1.82, 2.24) is 19.5 Å². The topological polar surface area (TPSA) is 189 Å². The summed E-state index contributed by atoms with van der Waals surface area (Å²) in [7, 11) is -4.77. The van der Waals surface area contributed by atoms with E-state index < -0.39 is 44.5 Å². The molecule has 5 N–H and O–H groups in total. The highest BCUT2D eigenvalue weighted by molar-refractivity contribution is 7.46. The number of H-pyrrole nitrogens is 1. The third-order valence-electron chi connectivity index (χ3n) is 3.87. The normalized spacial score (nSPS) is 26.0. The fraction of sp³-hybridized carbons (Fsp3) is 0.615. The molecular weight excluding hydrogens is 387 g/mol. The lowest BCUT2D eigenvalue weighted by Crippen LogP contribution is -2.33. The maximum Gasteiger partial charge on any atom is 0.469 e. The summed E-state index contributed by atoms with van der Waals surface area (Å²) in [5, 5.41) is 20.3. The Kier molecular flexibility index (Phi) is 5.63. The average Bonchev–Trinajstić information content (AvgIpc) is 3.13. The molecule has 0 spiro atoms. The number of nitrogens with one attached hydrogen (secondary N) is 1. The molecule has 2 aromatic rings. The second kappa shape index (κ2) is 7.64. The van der Waals surface area contributed by atoms with Gasteiger partial charge in [-0.05, 0) is 6.42 Å². The molecule has 3 heterocycles. The van der Waals surface area contributed by atoms with Crippen LogP contribution in [-0.4, -0.2) is 71.0 Å². The molecule has 0 saturated carbocycles. The van der Waals surface area contributed by atoms with Crippen molar-refractivity contribution in [1.29, 1.82) is 0 Å². The average molecular weight is 406 g/mol. The third-order valence-corrected chi connectivity index (χ3v) is 4.36. The van der Waals surface area contributed by atoms with Gasteiger partial charge in [-0.1, -0.05) is 6.92 Å². The largest absolute Gasteiger partial charge is 0.469 e. The molecule has 1 fully saturated rings. The van der Waals surface area contributed by atoms with Crippen molar-refractivity contribution in [2.75, 3.05) is 13.2 Å². The van der Waals surface area contributed by atoms with Crippen molar-refractivity contribution in [3.63, 3.8) is 0 Å². The minimum atomic E-state index is -4.77. The van der Waals surface area contributed by atoms with Gasteiger partial charge in [0.05, 0.1) is 19.5 Å². The number of ether oxygens (including phenoxy) is 2. The zero-order chi connectivity index (χ0) is 19.8. The van der Waals surface area contributed by atoms with E-state index in [2.05, 4.69) is 19.5 Å². The zero-order valence-electron chi connectivity index (χ0n) is 14.1. The van der Waals surface area contributed by atoms with Crippen molar-refractivity contribution in [2.24, 2.45) is 0 Å². The van der Waals surface area contributed by atoms with Gasteiger partial charge in [-0.3, -0.25) is 18.9 Å². The Balaban J connectivity index is 1.89. The Bertz CT molecular complexity index is 909. The molecule has 0 unspecified atom stereocenters. The molecule has 13 nitrogen and oxygen atoms in total. The summed E-state index contributed by atoms with van der Waals surface area (Å²) in [6.45, 7) is 1.56. The van der Waals surface area contributed by atoms with E-state index in [9.17, 15) is 19.6 Å². The lowest BCUT2D eigenvalue weighted by atomic mass is 10.1. The Hall–Kier alpha value is -1.86. The minimum absolute atomic E-state index is 0.0287. The van der Waals surface area contributed by atoms with Crippen LogP contribution in [0.4, 0.5) is 0 Å². The Labute approximate surface area is 151 Å². The number of aromatic amines is 1. The van der Waals surface area contributed by atoms with Gasteiger partial charge in [-0.15, -0.1) is 0 Å². The maximum absolute atomic E-state index is 12.1. The van der Waals surface area contributed by atoms with Gasteiger partial charge in [-0.25, -0.2) is 9.55 Å². The first-order valence-corrected chi connectivity index (χ1v) is 9.55. The van der Waals surface area contributed by atoms with Crippen LogP contribution in [0.15, 0.2) is 11.1 Å². The molecule has 1 aliphatic rings. The number of hydrogen-bond acceptors (Lipinski definition) is 9. The number of phosphoric acid groups is 1. The highest BCUT2D eigenvalue weighted by atomic mass is 31.2. The first kappa shape index (κ1) is 19.9. The van der Waals surface area contributed by atoms with Crippen molar-refractivity contribution in [3.05, 3.63) is 16.7 Å². The maximum atomic E-state index is 12.1. The molecule has 27 heavy (non-hydrogen) atoms. The SMILES string of the molecule is CCCOc1nc2c(ncn2[C@@H]2O[C@H](COP(=O)(O)O)[C@@H](O)[C@H]2O)c(=O)[nH]1. The molecule has 0 amide bonds. The first-order chi connectivity index (χ1) is 12.7. The summed E-state index contributed by atoms with van der Waals surface area (Å²) in [4.78, 5) is 40.1. The number of phosphoric ester groups is 1. The summed E-state index contributed by atoms with van der Waals surface area (Å²) < 4.78 is 27.1. The molecule has 2 aromatic heterocycles. The van der Waals surface area contributed by atoms with Crippen molar-refractivity contribution in [3.8, 4) is 6.01 Å². The van der Waals surface area contributed by atoms with Crippen LogP contribution < -0.4 is 10.3 Å². The summed E-state index contributed by atoms with van der Waals surface area (Å²) in [6, 6.07) is -0.0366. The first-order valence-electron chi connectivity index (χ1n) is 8.02. The number of nitrogens with zero attached hydrogens (tertiary/aromatic N) is 3. The van der Waals surface area contributed by atoms with E-state index in [0.29, 0.717) is 13.0 Å². The van der Waals surface area contributed by atoms with Gasteiger partial charge in [0.15, 0.2) is 17.4 Å². The van der Waals surface area contributed by atoms with Gasteiger partial charge < -0.3 is 29.5 Å². The number of imidazole rings is 1. The molecular formula is C13H19N4O9P. The van der Waals surface area contributed by atoms with Crippen LogP contribution in [0, 0.1) is 0 Å². The van der Waals surface area contributed by atoms with Gasteiger partial charge in [0.2, 0.25) is 0 Å². The van der Waals surface area contributed by atoms with E-state index in [1.807, 2.05) is 6.92 Å². The third kappa shape index (κ3) is 4.19. The van der Waals surface area contributed by atoms with Crippen molar-refractivity contribution >= 4 is 19.0 Å². The molecule has 1 aliphatic heterocycles. The number of fused-ring (bicyclic) bond motifs is 1. The molecule has 0 bridgehead atoms. The lowest BCUT2D eigenvalue weighted by molar-refractivity contribution is -0.0504. The predicted octanol–water partition coefficient (Wildman–Crippen LogP) is -1.36. The zero-order valence-corrected chi connectivity index (χ0v) is 15.0. The van der Waals surface area contributed by atoms with E-state index >= 15 is 0 Å². The number of aromatic nitrogens is 4. The van der Waals surface area contributed by atoms with Crippen LogP contribution in [-0.2, 0) is 13.8 Å². The molecule has 0 aromatic carbocycles. The molecule has 4 atom stereocenters. The lowest BCUT2D eigenvalue weighted by Gasteiger charge is -2.16.